The Labute approximate surface area is 226 Å². The number of aryl methyl sites for hydroxylation is 4. The third kappa shape index (κ3) is 4.66. The van der Waals surface area contributed by atoms with Gasteiger partial charge in [0, 0.05) is 0 Å². The van der Waals surface area contributed by atoms with E-state index in [2.05, 4.69) is 149 Å². The Hall–Kier alpha value is -4.42. The minimum Gasteiger partial charge on any atom is -0.0614 e. The summed E-state index contributed by atoms with van der Waals surface area (Å²) >= 11 is 0. The first-order valence-electron chi connectivity index (χ1n) is 13.3. The summed E-state index contributed by atoms with van der Waals surface area (Å²) in [5.41, 5.74) is 15.1. The molecular formula is C38H32. The van der Waals surface area contributed by atoms with E-state index in [1.54, 1.807) is 0 Å². The van der Waals surface area contributed by atoms with E-state index >= 15 is 0 Å². The molecule has 38 heavy (non-hydrogen) atoms. The maximum absolute atomic E-state index is 2.39. The molecule has 0 N–H and O–H groups in total. The van der Waals surface area contributed by atoms with Crippen LogP contribution in [-0.4, -0.2) is 0 Å². The highest BCUT2D eigenvalue weighted by Crippen LogP contribution is 2.42. The fraction of sp³-hybridized carbons (Fsp3) is 0.105. The molecule has 6 aromatic carbocycles. The van der Waals surface area contributed by atoms with Crippen LogP contribution < -0.4 is 0 Å². The highest BCUT2D eigenvalue weighted by molar-refractivity contribution is 6.09. The fourth-order valence-corrected chi connectivity index (χ4v) is 5.55. The van der Waals surface area contributed by atoms with E-state index in [0.29, 0.717) is 0 Å². The lowest BCUT2D eigenvalue weighted by molar-refractivity contribution is 1.45. The van der Waals surface area contributed by atoms with E-state index in [1.807, 2.05) is 0 Å². The van der Waals surface area contributed by atoms with Crippen molar-refractivity contribution in [2.45, 2.75) is 27.7 Å². The van der Waals surface area contributed by atoms with Crippen LogP contribution in [0.2, 0.25) is 0 Å². The van der Waals surface area contributed by atoms with Crippen LogP contribution >= 0.6 is 0 Å². The van der Waals surface area contributed by atoms with Gasteiger partial charge in [-0.25, -0.2) is 0 Å². The molecule has 0 spiro atoms. The molecule has 0 bridgehead atoms. The molecule has 0 atom stereocenters. The van der Waals surface area contributed by atoms with Gasteiger partial charge in [0.2, 0.25) is 0 Å². The quantitative estimate of drug-likeness (QED) is 0.231. The molecule has 0 heterocycles. The summed E-state index contributed by atoms with van der Waals surface area (Å²) in [7, 11) is 0. The second-order valence-corrected chi connectivity index (χ2v) is 10.6. The topological polar surface area (TPSA) is 0 Å². The molecule has 0 amide bonds. The highest BCUT2D eigenvalue weighted by Gasteiger charge is 2.15. The van der Waals surface area contributed by atoms with Crippen LogP contribution in [0.5, 0.6) is 0 Å². The number of rotatable bonds is 4. The minimum absolute atomic E-state index is 1.25. The van der Waals surface area contributed by atoms with Gasteiger partial charge in [0.15, 0.2) is 0 Å². The lowest BCUT2D eigenvalue weighted by Crippen LogP contribution is -1.92. The van der Waals surface area contributed by atoms with Crippen LogP contribution in [0.1, 0.15) is 22.3 Å². The van der Waals surface area contributed by atoms with Crippen molar-refractivity contribution in [3.63, 3.8) is 0 Å². The first-order chi connectivity index (χ1) is 18.4. The standard InChI is InChI=1S/C38H32/c1-25-9-5-13-29(17-25)33-21-35(31-15-7-11-27(3)19-31)38-24-34(30-14-6-10-26(2)18-30)22-36(37(38)23-33)32-16-8-12-28(4)20-32/h5-24H,1-4H3. The lowest BCUT2D eigenvalue weighted by atomic mass is 9.86. The third-order valence-corrected chi connectivity index (χ3v) is 7.43. The third-order valence-electron chi connectivity index (χ3n) is 7.43. The summed E-state index contributed by atoms with van der Waals surface area (Å²) in [6, 6.07) is 45.0. The molecule has 0 aliphatic rings. The average molecular weight is 489 g/mol. The van der Waals surface area contributed by atoms with Crippen molar-refractivity contribution in [1.82, 2.24) is 0 Å². The normalized spacial score (nSPS) is 11.2. The predicted molar refractivity (Wildman–Crippen MR) is 165 cm³/mol. The average Bonchev–Trinajstić information content (AvgIpc) is 2.92. The summed E-state index contributed by atoms with van der Waals surface area (Å²) in [5, 5.41) is 2.56. The number of fused-ring (bicyclic) bond motifs is 1. The summed E-state index contributed by atoms with van der Waals surface area (Å²) in [5.74, 6) is 0. The highest BCUT2D eigenvalue weighted by atomic mass is 14.2. The van der Waals surface area contributed by atoms with E-state index in [4.69, 9.17) is 0 Å². The van der Waals surface area contributed by atoms with Gasteiger partial charge in [-0.05, 0) is 107 Å². The Kier molecular flexibility index (Phi) is 6.18. The van der Waals surface area contributed by atoms with Crippen molar-refractivity contribution in [2.75, 3.05) is 0 Å². The Morgan fingerprint density at radius 2 is 0.605 bits per heavy atom. The van der Waals surface area contributed by atoms with Gasteiger partial charge in [-0.3, -0.25) is 0 Å². The summed E-state index contributed by atoms with van der Waals surface area (Å²) in [6.07, 6.45) is 0. The van der Waals surface area contributed by atoms with E-state index in [1.165, 1.54) is 77.5 Å². The Morgan fingerprint density at radius 3 is 0.947 bits per heavy atom. The Bertz CT molecular complexity index is 1670. The number of hydrogen-bond acceptors (Lipinski definition) is 0. The molecule has 184 valence electrons. The first kappa shape index (κ1) is 23.9. The fourth-order valence-electron chi connectivity index (χ4n) is 5.55. The molecule has 0 saturated heterocycles. The summed E-state index contributed by atoms with van der Waals surface area (Å²) in [4.78, 5) is 0. The van der Waals surface area contributed by atoms with Crippen LogP contribution in [0.25, 0.3) is 55.3 Å². The van der Waals surface area contributed by atoms with Crippen molar-refractivity contribution < 1.29 is 0 Å². The molecule has 0 heteroatoms. The van der Waals surface area contributed by atoms with Gasteiger partial charge < -0.3 is 0 Å². The van der Waals surface area contributed by atoms with Crippen LogP contribution in [-0.2, 0) is 0 Å². The van der Waals surface area contributed by atoms with E-state index in [9.17, 15) is 0 Å². The van der Waals surface area contributed by atoms with Crippen molar-refractivity contribution >= 4 is 10.8 Å². The largest absolute Gasteiger partial charge is 0.0614 e. The second kappa shape index (κ2) is 9.80. The van der Waals surface area contributed by atoms with Crippen molar-refractivity contribution in [1.29, 1.82) is 0 Å². The maximum Gasteiger partial charge on any atom is -0.00926 e. The van der Waals surface area contributed by atoms with Crippen molar-refractivity contribution in [2.24, 2.45) is 0 Å². The molecule has 6 rings (SSSR count). The monoisotopic (exact) mass is 488 g/mol. The summed E-state index contributed by atoms with van der Waals surface area (Å²) < 4.78 is 0. The van der Waals surface area contributed by atoms with Gasteiger partial charge >= 0.3 is 0 Å². The molecule has 0 aromatic heterocycles. The first-order valence-corrected chi connectivity index (χ1v) is 13.3. The molecule has 0 radical (unpaired) electrons. The van der Waals surface area contributed by atoms with Crippen LogP contribution in [0.3, 0.4) is 0 Å². The number of benzene rings is 6. The van der Waals surface area contributed by atoms with Gasteiger partial charge in [-0.15, -0.1) is 0 Å². The van der Waals surface area contributed by atoms with Gasteiger partial charge in [0.05, 0.1) is 0 Å². The summed E-state index contributed by atoms with van der Waals surface area (Å²) in [6.45, 7) is 8.68. The SMILES string of the molecule is Cc1cccc(-c2cc(-c3cccc(C)c3)c3cc(-c4cccc(C)c4)cc(-c4cccc(C)c4)c3c2)c1. The van der Waals surface area contributed by atoms with E-state index < -0.39 is 0 Å². The number of hydrogen-bond donors (Lipinski definition) is 0. The second-order valence-electron chi connectivity index (χ2n) is 10.6. The van der Waals surface area contributed by atoms with Gasteiger partial charge in [-0.1, -0.05) is 119 Å². The molecule has 6 aromatic rings. The molecule has 0 saturated carbocycles. The maximum atomic E-state index is 2.39. The molecule has 0 aliphatic heterocycles. The van der Waals surface area contributed by atoms with Gasteiger partial charge in [-0.2, -0.15) is 0 Å². The van der Waals surface area contributed by atoms with Crippen molar-refractivity contribution in [3.05, 3.63) is 144 Å². The van der Waals surface area contributed by atoms with Gasteiger partial charge in [0.1, 0.15) is 0 Å². The molecule has 0 unspecified atom stereocenters. The molecule has 0 nitrogen and oxygen atoms in total. The van der Waals surface area contributed by atoms with Crippen molar-refractivity contribution in [3.8, 4) is 44.5 Å². The van der Waals surface area contributed by atoms with E-state index in [-0.39, 0.29) is 0 Å². The Balaban J connectivity index is 1.75. The minimum atomic E-state index is 1.25. The van der Waals surface area contributed by atoms with Gasteiger partial charge in [0.25, 0.3) is 0 Å². The van der Waals surface area contributed by atoms with E-state index in [0.717, 1.165) is 0 Å². The zero-order chi connectivity index (χ0) is 26.2. The zero-order valence-electron chi connectivity index (χ0n) is 22.5. The van der Waals surface area contributed by atoms with Crippen LogP contribution in [0.4, 0.5) is 0 Å². The van der Waals surface area contributed by atoms with Crippen LogP contribution in [0, 0.1) is 27.7 Å². The lowest BCUT2D eigenvalue weighted by Gasteiger charge is -2.18. The Morgan fingerprint density at radius 1 is 0.289 bits per heavy atom. The predicted octanol–water partition coefficient (Wildman–Crippen LogP) is 10.7. The molecular weight excluding hydrogens is 456 g/mol. The molecule has 0 aliphatic carbocycles. The smallest absolute Gasteiger partial charge is 0.00926 e. The van der Waals surface area contributed by atoms with Crippen LogP contribution in [0.15, 0.2) is 121 Å². The zero-order valence-corrected chi connectivity index (χ0v) is 22.5. The molecule has 0 fully saturated rings.